The molecule has 0 aliphatic carbocycles. The monoisotopic (exact) mass is 431 g/mol. The molecule has 0 N–H and O–H groups in total. The minimum atomic E-state index is -0.169. The summed E-state index contributed by atoms with van der Waals surface area (Å²) < 4.78 is 9.20. The number of benzene rings is 2. The molecule has 6 heteroatoms. The zero-order valence-electron chi connectivity index (χ0n) is 15.1. The predicted octanol–water partition coefficient (Wildman–Crippen LogP) is 5.80. The number of thioether (sulfide) groups is 1. The quantitative estimate of drug-likeness (QED) is 0.443. The van der Waals surface area contributed by atoms with Crippen molar-refractivity contribution in [1.82, 2.24) is 14.8 Å². The maximum Gasteiger partial charge on any atom is 0.191 e. The first-order valence-corrected chi connectivity index (χ1v) is 10.4. The SMILES string of the molecule is CCn1c(SCc2cccc(C)c2)nnc1C(C)Oc1ccc(Br)cc1. The van der Waals surface area contributed by atoms with Crippen molar-refractivity contribution in [3.63, 3.8) is 0 Å². The van der Waals surface area contributed by atoms with Crippen molar-refractivity contribution in [2.24, 2.45) is 0 Å². The Hall–Kier alpha value is -1.79. The van der Waals surface area contributed by atoms with E-state index in [4.69, 9.17) is 4.74 Å². The average Bonchev–Trinajstić information content (AvgIpc) is 3.05. The molecular formula is C20H22BrN3OS. The van der Waals surface area contributed by atoms with E-state index in [1.165, 1.54) is 11.1 Å². The largest absolute Gasteiger partial charge is 0.483 e. The maximum absolute atomic E-state index is 6.04. The summed E-state index contributed by atoms with van der Waals surface area (Å²) in [7, 11) is 0. The molecule has 3 aromatic rings. The van der Waals surface area contributed by atoms with Gasteiger partial charge in [0.15, 0.2) is 17.1 Å². The molecule has 0 amide bonds. The van der Waals surface area contributed by atoms with Gasteiger partial charge in [-0.05, 0) is 50.6 Å². The predicted molar refractivity (Wildman–Crippen MR) is 110 cm³/mol. The molecule has 2 aromatic carbocycles. The molecule has 1 atom stereocenters. The van der Waals surface area contributed by atoms with Gasteiger partial charge in [-0.1, -0.05) is 57.5 Å². The van der Waals surface area contributed by atoms with Gasteiger partial charge >= 0.3 is 0 Å². The van der Waals surface area contributed by atoms with Crippen molar-refractivity contribution in [2.45, 2.75) is 44.3 Å². The van der Waals surface area contributed by atoms with E-state index < -0.39 is 0 Å². The van der Waals surface area contributed by atoms with Crippen LogP contribution in [0.3, 0.4) is 0 Å². The van der Waals surface area contributed by atoms with Gasteiger partial charge in [0.1, 0.15) is 5.75 Å². The Morgan fingerprint density at radius 1 is 1.15 bits per heavy atom. The van der Waals surface area contributed by atoms with Crippen LogP contribution in [0.5, 0.6) is 5.75 Å². The third kappa shape index (κ3) is 4.68. The van der Waals surface area contributed by atoms with E-state index in [0.29, 0.717) is 0 Å². The number of hydrogen-bond acceptors (Lipinski definition) is 4. The third-order valence-corrected chi connectivity index (χ3v) is 5.57. The van der Waals surface area contributed by atoms with E-state index in [1.54, 1.807) is 11.8 Å². The van der Waals surface area contributed by atoms with Crippen LogP contribution in [-0.2, 0) is 12.3 Å². The first-order valence-electron chi connectivity index (χ1n) is 8.60. The van der Waals surface area contributed by atoms with E-state index in [-0.39, 0.29) is 6.10 Å². The fraction of sp³-hybridized carbons (Fsp3) is 0.300. The van der Waals surface area contributed by atoms with Gasteiger partial charge in [-0.25, -0.2) is 0 Å². The van der Waals surface area contributed by atoms with Crippen molar-refractivity contribution in [2.75, 3.05) is 0 Å². The lowest BCUT2D eigenvalue weighted by Gasteiger charge is -2.15. The second-order valence-corrected chi connectivity index (χ2v) is 7.93. The van der Waals surface area contributed by atoms with E-state index in [0.717, 1.165) is 33.5 Å². The van der Waals surface area contributed by atoms with Crippen molar-refractivity contribution in [1.29, 1.82) is 0 Å². The summed E-state index contributed by atoms with van der Waals surface area (Å²) in [5.41, 5.74) is 2.57. The molecule has 0 saturated carbocycles. The van der Waals surface area contributed by atoms with Gasteiger partial charge in [0.05, 0.1) is 0 Å². The van der Waals surface area contributed by atoms with Gasteiger partial charge < -0.3 is 9.30 Å². The number of halogens is 1. The molecule has 1 heterocycles. The molecule has 0 aliphatic heterocycles. The molecule has 0 saturated heterocycles. The molecule has 136 valence electrons. The minimum absolute atomic E-state index is 0.169. The van der Waals surface area contributed by atoms with Gasteiger partial charge in [0.2, 0.25) is 0 Å². The molecule has 0 fully saturated rings. The van der Waals surface area contributed by atoms with Crippen LogP contribution in [0.15, 0.2) is 58.2 Å². The van der Waals surface area contributed by atoms with Crippen LogP contribution < -0.4 is 4.74 Å². The minimum Gasteiger partial charge on any atom is -0.483 e. The van der Waals surface area contributed by atoms with Gasteiger partial charge in [-0.3, -0.25) is 0 Å². The van der Waals surface area contributed by atoms with Crippen molar-refractivity contribution in [3.05, 3.63) is 70.0 Å². The summed E-state index contributed by atoms with van der Waals surface area (Å²) in [4.78, 5) is 0. The van der Waals surface area contributed by atoms with Gasteiger partial charge in [-0.2, -0.15) is 0 Å². The fourth-order valence-corrected chi connectivity index (χ4v) is 3.94. The summed E-state index contributed by atoms with van der Waals surface area (Å²) in [5, 5.41) is 9.70. The van der Waals surface area contributed by atoms with Crippen molar-refractivity contribution in [3.8, 4) is 5.75 Å². The van der Waals surface area contributed by atoms with Crippen molar-refractivity contribution < 1.29 is 4.74 Å². The highest BCUT2D eigenvalue weighted by Gasteiger charge is 2.18. The molecular weight excluding hydrogens is 410 g/mol. The van der Waals surface area contributed by atoms with E-state index >= 15 is 0 Å². The summed E-state index contributed by atoms with van der Waals surface area (Å²) in [6, 6.07) is 16.4. The van der Waals surface area contributed by atoms with Crippen LogP contribution in [0.25, 0.3) is 0 Å². The Labute approximate surface area is 167 Å². The molecule has 1 aromatic heterocycles. The van der Waals surface area contributed by atoms with E-state index in [9.17, 15) is 0 Å². The fourth-order valence-electron chi connectivity index (χ4n) is 2.72. The number of aromatic nitrogens is 3. The second kappa shape index (κ2) is 8.73. The van der Waals surface area contributed by atoms with Crippen LogP contribution in [0, 0.1) is 6.92 Å². The lowest BCUT2D eigenvalue weighted by Crippen LogP contribution is -2.11. The van der Waals surface area contributed by atoms with E-state index in [1.807, 2.05) is 31.2 Å². The summed E-state index contributed by atoms with van der Waals surface area (Å²) >= 11 is 5.15. The molecule has 4 nitrogen and oxygen atoms in total. The number of hydrogen-bond donors (Lipinski definition) is 0. The molecule has 0 aliphatic rings. The zero-order chi connectivity index (χ0) is 18.5. The van der Waals surface area contributed by atoms with Crippen LogP contribution >= 0.6 is 27.7 Å². The highest BCUT2D eigenvalue weighted by atomic mass is 79.9. The molecule has 26 heavy (non-hydrogen) atoms. The summed E-state index contributed by atoms with van der Waals surface area (Å²) in [6.07, 6.45) is -0.169. The lowest BCUT2D eigenvalue weighted by atomic mass is 10.2. The van der Waals surface area contributed by atoms with Crippen LogP contribution in [0.1, 0.15) is 36.9 Å². The maximum atomic E-state index is 6.04. The zero-order valence-corrected chi connectivity index (χ0v) is 17.5. The van der Waals surface area contributed by atoms with Crippen molar-refractivity contribution >= 4 is 27.7 Å². The Morgan fingerprint density at radius 2 is 1.92 bits per heavy atom. The lowest BCUT2D eigenvalue weighted by molar-refractivity contribution is 0.210. The molecule has 0 radical (unpaired) electrons. The topological polar surface area (TPSA) is 39.9 Å². The first-order chi connectivity index (χ1) is 12.6. The van der Waals surface area contributed by atoms with Gasteiger partial charge in [-0.15, -0.1) is 10.2 Å². The standard InChI is InChI=1S/C20H22BrN3OS/c1-4-24-19(15(3)25-18-10-8-17(21)9-11-18)22-23-20(24)26-13-16-7-5-6-14(2)12-16/h5-12,15H,4,13H2,1-3H3. The van der Waals surface area contributed by atoms with Gasteiger partial charge in [0, 0.05) is 16.8 Å². The first kappa shape index (κ1) is 19.0. The normalized spacial score (nSPS) is 12.2. The highest BCUT2D eigenvalue weighted by molar-refractivity contribution is 9.10. The average molecular weight is 432 g/mol. The molecule has 3 rings (SSSR count). The van der Waals surface area contributed by atoms with Crippen LogP contribution in [-0.4, -0.2) is 14.8 Å². The number of rotatable bonds is 7. The Kier molecular flexibility index (Phi) is 6.38. The molecule has 0 spiro atoms. The van der Waals surface area contributed by atoms with Gasteiger partial charge in [0.25, 0.3) is 0 Å². The Morgan fingerprint density at radius 3 is 2.62 bits per heavy atom. The third-order valence-electron chi connectivity index (χ3n) is 4.00. The number of ether oxygens (including phenoxy) is 1. The number of nitrogens with zero attached hydrogens (tertiary/aromatic N) is 3. The Bertz CT molecular complexity index is 864. The number of aryl methyl sites for hydroxylation is 1. The molecule has 1 unspecified atom stereocenters. The second-order valence-electron chi connectivity index (χ2n) is 6.08. The van der Waals surface area contributed by atoms with Crippen LogP contribution in [0.2, 0.25) is 0 Å². The molecule has 0 bridgehead atoms. The summed E-state index contributed by atoms with van der Waals surface area (Å²) in [5.74, 6) is 2.55. The Balaban J connectivity index is 1.71. The van der Waals surface area contributed by atoms with Crippen LogP contribution in [0.4, 0.5) is 0 Å². The smallest absolute Gasteiger partial charge is 0.191 e. The highest BCUT2D eigenvalue weighted by Crippen LogP contribution is 2.27. The summed E-state index contributed by atoms with van der Waals surface area (Å²) in [6.45, 7) is 7.04. The van der Waals surface area contributed by atoms with E-state index in [2.05, 4.69) is 68.8 Å².